The molecule has 1 aliphatic rings. The minimum Gasteiger partial charge on any atom is -0.493 e. The lowest BCUT2D eigenvalue weighted by Gasteiger charge is -2.28. The standard InChI is InChI=1S/C18H28N2O3/c1-19(15-9-10-16(22-2)17(13-15)23-3)14-18(21)20-11-7-5-4-6-8-12-20/h9-10,13H,4-8,11-12,14H2,1-3H3. The highest BCUT2D eigenvalue weighted by Crippen LogP contribution is 2.31. The number of anilines is 1. The lowest BCUT2D eigenvalue weighted by Crippen LogP contribution is -2.40. The van der Waals surface area contributed by atoms with E-state index in [0.29, 0.717) is 18.0 Å². The topological polar surface area (TPSA) is 42.0 Å². The van der Waals surface area contributed by atoms with Gasteiger partial charge in [-0.2, -0.15) is 0 Å². The Balaban J connectivity index is 1.99. The number of methoxy groups -OCH3 is 2. The van der Waals surface area contributed by atoms with Gasteiger partial charge in [0, 0.05) is 31.9 Å². The van der Waals surface area contributed by atoms with Crippen LogP contribution in [0.25, 0.3) is 0 Å². The van der Waals surface area contributed by atoms with Crippen molar-refractivity contribution >= 4 is 11.6 Å². The summed E-state index contributed by atoms with van der Waals surface area (Å²) in [5, 5.41) is 0. The van der Waals surface area contributed by atoms with E-state index in [1.807, 2.05) is 35.0 Å². The highest BCUT2D eigenvalue weighted by molar-refractivity contribution is 5.81. The van der Waals surface area contributed by atoms with Crippen LogP contribution in [-0.2, 0) is 4.79 Å². The van der Waals surface area contributed by atoms with Crippen molar-refractivity contribution in [3.8, 4) is 11.5 Å². The van der Waals surface area contributed by atoms with Crippen LogP contribution >= 0.6 is 0 Å². The smallest absolute Gasteiger partial charge is 0.242 e. The maximum Gasteiger partial charge on any atom is 0.242 e. The normalized spacial score (nSPS) is 15.5. The predicted octanol–water partition coefficient (Wildman–Crippen LogP) is 2.93. The van der Waals surface area contributed by atoms with Crippen molar-refractivity contribution in [1.29, 1.82) is 0 Å². The zero-order chi connectivity index (χ0) is 16.7. The Labute approximate surface area is 139 Å². The summed E-state index contributed by atoms with van der Waals surface area (Å²) in [4.78, 5) is 16.5. The Morgan fingerprint density at radius 3 is 2.26 bits per heavy atom. The average Bonchev–Trinajstić information content (AvgIpc) is 2.53. The third kappa shape index (κ3) is 4.78. The summed E-state index contributed by atoms with van der Waals surface area (Å²) >= 11 is 0. The van der Waals surface area contributed by atoms with Crippen molar-refractivity contribution in [2.24, 2.45) is 0 Å². The van der Waals surface area contributed by atoms with Gasteiger partial charge in [0.2, 0.25) is 5.91 Å². The largest absolute Gasteiger partial charge is 0.493 e. The molecule has 1 aliphatic heterocycles. The SMILES string of the molecule is COc1ccc(N(C)CC(=O)N2CCCCCCC2)cc1OC. The van der Waals surface area contributed by atoms with Crippen LogP contribution in [0.5, 0.6) is 11.5 Å². The van der Waals surface area contributed by atoms with E-state index in [2.05, 4.69) is 0 Å². The number of nitrogens with zero attached hydrogens (tertiary/aromatic N) is 2. The highest BCUT2D eigenvalue weighted by Gasteiger charge is 2.17. The van der Waals surface area contributed by atoms with Crippen molar-refractivity contribution in [3.05, 3.63) is 18.2 Å². The third-order valence-electron chi connectivity index (χ3n) is 4.39. The van der Waals surface area contributed by atoms with Crippen LogP contribution in [0.1, 0.15) is 32.1 Å². The van der Waals surface area contributed by atoms with Gasteiger partial charge < -0.3 is 19.3 Å². The van der Waals surface area contributed by atoms with Crippen molar-refractivity contribution in [3.63, 3.8) is 0 Å². The van der Waals surface area contributed by atoms with Gasteiger partial charge in [0.15, 0.2) is 11.5 Å². The van der Waals surface area contributed by atoms with Gasteiger partial charge in [-0.1, -0.05) is 19.3 Å². The zero-order valence-electron chi connectivity index (χ0n) is 14.5. The fourth-order valence-electron chi connectivity index (χ4n) is 2.95. The van der Waals surface area contributed by atoms with E-state index >= 15 is 0 Å². The number of carbonyl (C=O) groups is 1. The second-order valence-electron chi connectivity index (χ2n) is 6.04. The lowest BCUT2D eigenvalue weighted by atomic mass is 10.1. The van der Waals surface area contributed by atoms with Crippen LogP contribution in [-0.4, -0.2) is 51.7 Å². The minimum atomic E-state index is 0.198. The van der Waals surface area contributed by atoms with Crippen molar-refractivity contribution in [2.75, 3.05) is 45.8 Å². The number of carbonyl (C=O) groups excluding carboxylic acids is 1. The molecule has 1 heterocycles. The van der Waals surface area contributed by atoms with Crippen molar-refractivity contribution in [2.45, 2.75) is 32.1 Å². The maximum atomic E-state index is 12.6. The van der Waals surface area contributed by atoms with Crippen LogP contribution in [0.2, 0.25) is 0 Å². The van der Waals surface area contributed by atoms with E-state index in [1.54, 1.807) is 14.2 Å². The number of hydrogen-bond acceptors (Lipinski definition) is 4. The number of amides is 1. The lowest BCUT2D eigenvalue weighted by molar-refractivity contribution is -0.130. The van der Waals surface area contributed by atoms with Gasteiger partial charge in [0.05, 0.1) is 20.8 Å². The Hall–Kier alpha value is -1.91. The number of rotatable bonds is 5. The first-order valence-electron chi connectivity index (χ1n) is 8.36. The van der Waals surface area contributed by atoms with Gasteiger partial charge in [-0.05, 0) is 25.0 Å². The van der Waals surface area contributed by atoms with E-state index in [0.717, 1.165) is 31.6 Å². The van der Waals surface area contributed by atoms with Gasteiger partial charge in [-0.3, -0.25) is 4.79 Å². The number of benzene rings is 1. The molecule has 1 fully saturated rings. The van der Waals surface area contributed by atoms with E-state index in [-0.39, 0.29) is 5.91 Å². The maximum absolute atomic E-state index is 12.6. The van der Waals surface area contributed by atoms with Crippen LogP contribution in [0.4, 0.5) is 5.69 Å². The molecule has 5 heteroatoms. The average molecular weight is 320 g/mol. The first-order valence-corrected chi connectivity index (χ1v) is 8.36. The quantitative estimate of drug-likeness (QED) is 0.836. The fraction of sp³-hybridized carbons (Fsp3) is 0.611. The summed E-state index contributed by atoms with van der Waals surface area (Å²) in [7, 11) is 5.17. The first kappa shape index (κ1) is 17.4. The van der Waals surface area contributed by atoms with Crippen LogP contribution in [0.3, 0.4) is 0 Å². The Kier molecular flexibility index (Phi) is 6.56. The van der Waals surface area contributed by atoms with E-state index in [9.17, 15) is 4.79 Å². The molecule has 2 rings (SSSR count). The summed E-state index contributed by atoms with van der Waals surface area (Å²) in [6.45, 7) is 2.16. The summed E-state index contributed by atoms with van der Waals surface area (Å²) in [6.07, 6.45) is 6.00. The van der Waals surface area contributed by atoms with Gasteiger partial charge >= 0.3 is 0 Å². The summed E-state index contributed by atoms with van der Waals surface area (Å²) in [6, 6.07) is 5.72. The fourth-order valence-corrected chi connectivity index (χ4v) is 2.95. The molecule has 1 aromatic rings. The zero-order valence-corrected chi connectivity index (χ0v) is 14.5. The second-order valence-corrected chi connectivity index (χ2v) is 6.04. The first-order chi connectivity index (χ1) is 11.2. The molecule has 0 aromatic heterocycles. The predicted molar refractivity (Wildman–Crippen MR) is 92.5 cm³/mol. The number of ether oxygens (including phenoxy) is 2. The van der Waals surface area contributed by atoms with Crippen molar-refractivity contribution < 1.29 is 14.3 Å². The molecular formula is C18H28N2O3. The molecule has 5 nitrogen and oxygen atoms in total. The third-order valence-corrected chi connectivity index (χ3v) is 4.39. The molecule has 0 N–H and O–H groups in total. The Morgan fingerprint density at radius 2 is 1.65 bits per heavy atom. The number of hydrogen-bond donors (Lipinski definition) is 0. The second kappa shape index (κ2) is 8.65. The molecule has 0 saturated carbocycles. The Bertz CT molecular complexity index is 511. The van der Waals surface area contributed by atoms with Gasteiger partial charge in [0.25, 0.3) is 0 Å². The van der Waals surface area contributed by atoms with Crippen LogP contribution in [0, 0.1) is 0 Å². The minimum absolute atomic E-state index is 0.198. The molecule has 23 heavy (non-hydrogen) atoms. The van der Waals surface area contributed by atoms with Crippen LogP contribution in [0.15, 0.2) is 18.2 Å². The molecule has 0 bridgehead atoms. The van der Waals surface area contributed by atoms with E-state index in [4.69, 9.17) is 9.47 Å². The molecule has 0 aliphatic carbocycles. The van der Waals surface area contributed by atoms with E-state index < -0.39 is 0 Å². The summed E-state index contributed by atoms with van der Waals surface area (Å²) in [5.74, 6) is 1.57. The molecule has 1 aromatic carbocycles. The van der Waals surface area contributed by atoms with E-state index in [1.165, 1.54) is 19.3 Å². The molecular weight excluding hydrogens is 292 g/mol. The summed E-state index contributed by atoms with van der Waals surface area (Å²) in [5.41, 5.74) is 0.947. The summed E-state index contributed by atoms with van der Waals surface area (Å²) < 4.78 is 10.6. The van der Waals surface area contributed by atoms with Gasteiger partial charge in [-0.15, -0.1) is 0 Å². The highest BCUT2D eigenvalue weighted by atomic mass is 16.5. The van der Waals surface area contributed by atoms with Crippen LogP contribution < -0.4 is 14.4 Å². The van der Waals surface area contributed by atoms with Gasteiger partial charge in [-0.25, -0.2) is 0 Å². The molecule has 1 saturated heterocycles. The number of likely N-dealkylation sites (N-methyl/N-ethyl adjacent to an activating group) is 1. The molecule has 128 valence electrons. The molecule has 0 spiro atoms. The van der Waals surface area contributed by atoms with Crippen molar-refractivity contribution in [1.82, 2.24) is 4.90 Å². The molecule has 0 unspecified atom stereocenters. The molecule has 1 amide bonds. The molecule has 0 radical (unpaired) electrons. The molecule has 0 atom stereocenters. The number of likely N-dealkylation sites (tertiary alicyclic amines) is 1. The Morgan fingerprint density at radius 1 is 1.04 bits per heavy atom. The monoisotopic (exact) mass is 320 g/mol. The van der Waals surface area contributed by atoms with Gasteiger partial charge in [0.1, 0.15) is 0 Å².